The first-order valence-corrected chi connectivity index (χ1v) is 6.48. The number of halogens is 1. The molecule has 0 saturated heterocycles. The highest BCUT2D eigenvalue weighted by atomic mass is 33.1. The van der Waals surface area contributed by atoms with Gasteiger partial charge in [-0.1, -0.05) is 56.2 Å². The molecule has 0 rings (SSSR count). The zero-order valence-electron chi connectivity index (χ0n) is 8.56. The van der Waals surface area contributed by atoms with Crippen molar-refractivity contribution in [1.29, 1.82) is 0 Å². The minimum absolute atomic E-state index is 0.147. The highest BCUT2D eigenvalue weighted by molar-refractivity contribution is 8.77. The van der Waals surface area contributed by atoms with Crippen molar-refractivity contribution < 1.29 is 4.39 Å². The average Bonchev–Trinajstić information content (AvgIpc) is 1.85. The molecule has 0 aliphatic carbocycles. The Morgan fingerprint density at radius 3 is 2.00 bits per heavy atom. The fraction of sp³-hybridized carbons (Fsp3) is 1.00. The Hall–Kier alpha value is 0.630. The molecule has 0 heterocycles. The van der Waals surface area contributed by atoms with Gasteiger partial charge >= 0.3 is 0 Å². The quantitative estimate of drug-likeness (QED) is 0.639. The third kappa shape index (κ3) is 6.18. The largest absolute Gasteiger partial charge is 0.250 e. The van der Waals surface area contributed by atoms with E-state index in [-0.39, 0.29) is 16.7 Å². The lowest BCUT2D eigenvalue weighted by molar-refractivity contribution is 0.433. The summed E-state index contributed by atoms with van der Waals surface area (Å²) in [6.07, 6.45) is 0. The Morgan fingerprint density at radius 1 is 1.25 bits per heavy atom. The number of hydrogen-bond donors (Lipinski definition) is 0. The molecular weight excluding hydrogens is 191 g/mol. The van der Waals surface area contributed by atoms with Gasteiger partial charge in [0.25, 0.3) is 0 Å². The van der Waals surface area contributed by atoms with Gasteiger partial charge in [-0.2, -0.15) is 0 Å². The Balaban J connectivity index is 3.73. The van der Waals surface area contributed by atoms with E-state index in [1.165, 1.54) is 0 Å². The molecule has 3 heteroatoms. The van der Waals surface area contributed by atoms with Gasteiger partial charge in [0.2, 0.25) is 0 Å². The monoisotopic (exact) mass is 210 g/mol. The van der Waals surface area contributed by atoms with Crippen molar-refractivity contribution in [3.05, 3.63) is 0 Å². The van der Waals surface area contributed by atoms with E-state index in [1.54, 1.807) is 21.6 Å². The van der Waals surface area contributed by atoms with E-state index in [2.05, 4.69) is 34.6 Å². The molecule has 0 radical (unpaired) electrons. The average molecular weight is 210 g/mol. The molecule has 0 aromatic rings. The van der Waals surface area contributed by atoms with Crippen molar-refractivity contribution in [1.82, 2.24) is 0 Å². The van der Waals surface area contributed by atoms with Gasteiger partial charge in [0.05, 0.1) is 0 Å². The summed E-state index contributed by atoms with van der Waals surface area (Å²) in [5.41, 5.74) is 0. The highest BCUT2D eigenvalue weighted by Crippen LogP contribution is 2.40. The summed E-state index contributed by atoms with van der Waals surface area (Å²) in [5, 5.41) is 0.147. The van der Waals surface area contributed by atoms with Gasteiger partial charge in [0.15, 0.2) is 0 Å². The third-order valence-electron chi connectivity index (χ3n) is 1.32. The molecule has 1 atom stereocenters. The van der Waals surface area contributed by atoms with E-state index < -0.39 is 0 Å². The maximum Gasteiger partial charge on any atom is 0.102 e. The molecule has 0 aromatic carbocycles. The van der Waals surface area contributed by atoms with Crippen LogP contribution in [0.4, 0.5) is 4.39 Å². The first kappa shape index (κ1) is 12.6. The van der Waals surface area contributed by atoms with Gasteiger partial charge < -0.3 is 0 Å². The maximum absolute atomic E-state index is 12.4. The fourth-order valence-corrected chi connectivity index (χ4v) is 3.26. The van der Waals surface area contributed by atoms with Crippen LogP contribution in [0.15, 0.2) is 0 Å². The molecule has 0 aromatic heterocycles. The van der Waals surface area contributed by atoms with Crippen LogP contribution in [0.1, 0.15) is 34.6 Å². The summed E-state index contributed by atoms with van der Waals surface area (Å²) in [4.78, 5) is 0. The topological polar surface area (TPSA) is 0 Å². The predicted octanol–water partition coefficient (Wildman–Crippen LogP) is 4.16. The van der Waals surface area contributed by atoms with Gasteiger partial charge in [-0.15, -0.1) is 0 Å². The first-order chi connectivity index (χ1) is 5.37. The van der Waals surface area contributed by atoms with Crippen LogP contribution in [0.5, 0.6) is 0 Å². The molecule has 0 unspecified atom stereocenters. The van der Waals surface area contributed by atoms with Crippen LogP contribution in [0.2, 0.25) is 0 Å². The van der Waals surface area contributed by atoms with Crippen LogP contribution in [-0.4, -0.2) is 16.7 Å². The summed E-state index contributed by atoms with van der Waals surface area (Å²) < 4.78 is 12.7. The lowest BCUT2D eigenvalue weighted by Crippen LogP contribution is -2.14. The summed E-state index contributed by atoms with van der Waals surface area (Å²) in [6, 6.07) is 0. The minimum atomic E-state index is -0.217. The van der Waals surface area contributed by atoms with E-state index in [1.807, 2.05) is 0 Å². The third-order valence-corrected chi connectivity index (χ3v) is 5.36. The van der Waals surface area contributed by atoms with Gasteiger partial charge in [-0.3, -0.25) is 0 Å². The van der Waals surface area contributed by atoms with Gasteiger partial charge in [0.1, 0.15) is 6.67 Å². The SMILES string of the molecule is CC(C)[C@@H](CF)SSC(C)(C)C. The molecule has 0 spiro atoms. The molecule has 0 fully saturated rings. The van der Waals surface area contributed by atoms with Crippen LogP contribution in [0, 0.1) is 5.92 Å². The first-order valence-electron chi connectivity index (χ1n) is 4.27. The van der Waals surface area contributed by atoms with Crippen molar-refractivity contribution in [2.45, 2.75) is 44.6 Å². The zero-order chi connectivity index (χ0) is 9.78. The zero-order valence-corrected chi connectivity index (χ0v) is 10.2. The molecule has 0 nitrogen and oxygen atoms in total. The minimum Gasteiger partial charge on any atom is -0.250 e. The summed E-state index contributed by atoms with van der Waals surface area (Å²) in [5.74, 6) is 0.426. The molecular formula is C9H19FS2. The van der Waals surface area contributed by atoms with Crippen LogP contribution in [-0.2, 0) is 0 Å². The number of alkyl halides is 1. The smallest absolute Gasteiger partial charge is 0.102 e. The Bertz CT molecular complexity index is 118. The van der Waals surface area contributed by atoms with Crippen LogP contribution < -0.4 is 0 Å². The molecule has 0 aliphatic heterocycles. The molecule has 0 amide bonds. The number of hydrogen-bond acceptors (Lipinski definition) is 2. The van der Waals surface area contributed by atoms with E-state index in [0.717, 1.165) is 0 Å². The summed E-state index contributed by atoms with van der Waals surface area (Å²) in [6.45, 7) is 10.4. The summed E-state index contributed by atoms with van der Waals surface area (Å²) in [7, 11) is 3.45. The lowest BCUT2D eigenvalue weighted by Gasteiger charge is -2.22. The fourth-order valence-electron chi connectivity index (χ4n) is 0.521. The second-order valence-electron chi connectivity index (χ2n) is 4.23. The molecule has 12 heavy (non-hydrogen) atoms. The van der Waals surface area contributed by atoms with E-state index in [4.69, 9.17) is 0 Å². The highest BCUT2D eigenvalue weighted by Gasteiger charge is 2.18. The molecule has 0 bridgehead atoms. The second-order valence-corrected chi connectivity index (χ2v) is 7.50. The molecule has 0 N–H and O–H groups in total. The van der Waals surface area contributed by atoms with Gasteiger partial charge in [-0.05, 0) is 5.92 Å². The molecule has 0 aliphatic rings. The van der Waals surface area contributed by atoms with Crippen LogP contribution in [0.25, 0.3) is 0 Å². The standard InChI is InChI=1S/C9H19FS2/c1-7(2)8(6-10)11-12-9(3,4)5/h7-8H,6H2,1-5H3/t8-/m1/s1. The molecule has 0 saturated carbocycles. The van der Waals surface area contributed by atoms with Gasteiger partial charge in [-0.25, -0.2) is 4.39 Å². The van der Waals surface area contributed by atoms with Crippen molar-refractivity contribution in [2.75, 3.05) is 6.67 Å². The van der Waals surface area contributed by atoms with E-state index in [0.29, 0.717) is 5.92 Å². The second kappa shape index (κ2) is 5.38. The van der Waals surface area contributed by atoms with Crippen molar-refractivity contribution in [2.24, 2.45) is 5.92 Å². The van der Waals surface area contributed by atoms with Crippen LogP contribution in [0.3, 0.4) is 0 Å². The molecule has 74 valence electrons. The summed E-state index contributed by atoms with van der Waals surface area (Å²) >= 11 is 0. The Morgan fingerprint density at radius 2 is 1.75 bits per heavy atom. The van der Waals surface area contributed by atoms with E-state index >= 15 is 0 Å². The van der Waals surface area contributed by atoms with Crippen molar-refractivity contribution in [3.8, 4) is 0 Å². The predicted molar refractivity (Wildman–Crippen MR) is 59.5 cm³/mol. The van der Waals surface area contributed by atoms with Gasteiger partial charge in [0, 0.05) is 10.00 Å². The van der Waals surface area contributed by atoms with Crippen molar-refractivity contribution >= 4 is 21.6 Å². The Labute approximate surface area is 83.5 Å². The van der Waals surface area contributed by atoms with E-state index in [9.17, 15) is 4.39 Å². The lowest BCUT2D eigenvalue weighted by atomic mass is 10.1. The number of rotatable bonds is 4. The maximum atomic E-state index is 12.4. The van der Waals surface area contributed by atoms with Crippen LogP contribution >= 0.6 is 21.6 Å². The van der Waals surface area contributed by atoms with Crippen molar-refractivity contribution in [3.63, 3.8) is 0 Å². The normalized spacial score (nSPS) is 15.2. The Kier molecular flexibility index (Phi) is 5.66.